The van der Waals surface area contributed by atoms with Crippen molar-refractivity contribution in [1.82, 2.24) is 0 Å². The highest BCUT2D eigenvalue weighted by Gasteiger charge is 2.16. The summed E-state index contributed by atoms with van der Waals surface area (Å²) in [5, 5.41) is 9.27. The van der Waals surface area contributed by atoms with Crippen LogP contribution in [-0.4, -0.2) is 36.2 Å². The Morgan fingerprint density at radius 3 is 2.59 bits per heavy atom. The van der Waals surface area contributed by atoms with Crippen molar-refractivity contribution >= 4 is 29.4 Å². The van der Waals surface area contributed by atoms with E-state index in [1.165, 1.54) is 13.0 Å². The lowest BCUT2D eigenvalue weighted by Gasteiger charge is -2.19. The molecule has 2 aromatic carbocycles. The third kappa shape index (κ3) is 4.60. The molecular formula is C20H17ClO6. The van der Waals surface area contributed by atoms with Crippen LogP contribution in [-0.2, 0) is 4.79 Å². The molecule has 3 rings (SSSR count). The SMILES string of the molecule is CC(Oc1ccc(C(=O)/C=C/c2cc(Cl)c3c(c2)OCCO3)cc1)C(=O)O. The molecule has 0 saturated carbocycles. The van der Waals surface area contributed by atoms with E-state index in [1.54, 1.807) is 42.5 Å². The average Bonchev–Trinajstić information content (AvgIpc) is 2.66. The van der Waals surface area contributed by atoms with Crippen molar-refractivity contribution in [3.05, 3.63) is 58.6 Å². The quantitative estimate of drug-likeness (QED) is 0.597. The number of carbonyl (C=O) groups is 2. The molecule has 0 fully saturated rings. The van der Waals surface area contributed by atoms with Gasteiger partial charge in [0.15, 0.2) is 23.4 Å². The van der Waals surface area contributed by atoms with Gasteiger partial charge in [0.2, 0.25) is 0 Å². The monoisotopic (exact) mass is 388 g/mol. The van der Waals surface area contributed by atoms with Crippen molar-refractivity contribution in [3.8, 4) is 17.2 Å². The minimum absolute atomic E-state index is 0.209. The second-order valence-corrected chi connectivity index (χ2v) is 6.25. The van der Waals surface area contributed by atoms with Crippen molar-refractivity contribution in [2.75, 3.05) is 13.2 Å². The lowest BCUT2D eigenvalue weighted by Crippen LogP contribution is -2.22. The topological polar surface area (TPSA) is 82.1 Å². The van der Waals surface area contributed by atoms with Gasteiger partial charge in [-0.15, -0.1) is 0 Å². The van der Waals surface area contributed by atoms with Crippen molar-refractivity contribution in [2.24, 2.45) is 0 Å². The highest BCUT2D eigenvalue weighted by molar-refractivity contribution is 6.32. The Hall–Kier alpha value is -2.99. The van der Waals surface area contributed by atoms with E-state index in [0.29, 0.717) is 46.6 Å². The lowest BCUT2D eigenvalue weighted by atomic mass is 10.1. The van der Waals surface area contributed by atoms with E-state index in [2.05, 4.69) is 0 Å². The van der Waals surface area contributed by atoms with Crippen molar-refractivity contribution in [1.29, 1.82) is 0 Å². The van der Waals surface area contributed by atoms with Gasteiger partial charge < -0.3 is 19.3 Å². The minimum atomic E-state index is -1.06. The summed E-state index contributed by atoms with van der Waals surface area (Å²) in [6.07, 6.45) is 2.10. The third-order valence-corrected chi connectivity index (χ3v) is 4.13. The Labute approximate surface area is 160 Å². The number of halogens is 1. The maximum Gasteiger partial charge on any atom is 0.344 e. The summed E-state index contributed by atoms with van der Waals surface area (Å²) in [6, 6.07) is 9.72. The van der Waals surface area contributed by atoms with E-state index in [9.17, 15) is 9.59 Å². The summed E-state index contributed by atoms with van der Waals surface area (Å²) in [4.78, 5) is 23.1. The highest BCUT2D eigenvalue weighted by Crippen LogP contribution is 2.38. The molecule has 1 unspecified atom stereocenters. The molecule has 1 heterocycles. The van der Waals surface area contributed by atoms with E-state index in [4.69, 9.17) is 30.9 Å². The fraction of sp³-hybridized carbons (Fsp3) is 0.200. The number of allylic oxidation sites excluding steroid dienone is 1. The first-order chi connectivity index (χ1) is 12.9. The molecular weight excluding hydrogens is 372 g/mol. The number of ether oxygens (including phenoxy) is 3. The number of ketones is 1. The van der Waals surface area contributed by atoms with Gasteiger partial charge in [-0.05, 0) is 55.0 Å². The molecule has 0 saturated heterocycles. The van der Waals surface area contributed by atoms with Crippen LogP contribution in [0.15, 0.2) is 42.5 Å². The summed E-state index contributed by atoms with van der Waals surface area (Å²) in [7, 11) is 0. The maximum atomic E-state index is 12.3. The Morgan fingerprint density at radius 1 is 1.19 bits per heavy atom. The van der Waals surface area contributed by atoms with Crippen LogP contribution in [0.4, 0.5) is 0 Å². The molecule has 6 nitrogen and oxygen atoms in total. The van der Waals surface area contributed by atoms with Crippen LogP contribution in [0.5, 0.6) is 17.2 Å². The second kappa shape index (κ2) is 8.14. The van der Waals surface area contributed by atoms with E-state index < -0.39 is 12.1 Å². The maximum absolute atomic E-state index is 12.3. The van der Waals surface area contributed by atoms with Gasteiger partial charge in [0.1, 0.15) is 19.0 Å². The molecule has 1 aliphatic heterocycles. The fourth-order valence-electron chi connectivity index (χ4n) is 2.45. The molecule has 0 aliphatic carbocycles. The van der Waals surface area contributed by atoms with Gasteiger partial charge in [0.05, 0.1) is 5.02 Å². The van der Waals surface area contributed by atoms with Crippen molar-refractivity contribution < 1.29 is 28.9 Å². The number of fused-ring (bicyclic) bond motifs is 1. The average molecular weight is 389 g/mol. The zero-order chi connectivity index (χ0) is 19.4. The molecule has 27 heavy (non-hydrogen) atoms. The van der Waals surface area contributed by atoms with Crippen LogP contribution in [0.2, 0.25) is 5.02 Å². The minimum Gasteiger partial charge on any atom is -0.486 e. The zero-order valence-electron chi connectivity index (χ0n) is 14.5. The number of hydrogen-bond acceptors (Lipinski definition) is 5. The highest BCUT2D eigenvalue weighted by atomic mass is 35.5. The number of carboxylic acid groups (broad SMARTS) is 1. The molecule has 2 aromatic rings. The molecule has 0 spiro atoms. The van der Waals surface area contributed by atoms with Crippen LogP contribution in [0.3, 0.4) is 0 Å². The Balaban J connectivity index is 1.70. The number of benzene rings is 2. The smallest absolute Gasteiger partial charge is 0.344 e. The summed E-state index contributed by atoms with van der Waals surface area (Å²) in [5.41, 5.74) is 1.16. The van der Waals surface area contributed by atoms with Gasteiger partial charge in [0, 0.05) is 5.56 Å². The number of carbonyl (C=O) groups excluding carboxylic acids is 1. The fourth-order valence-corrected chi connectivity index (χ4v) is 2.72. The first-order valence-electron chi connectivity index (χ1n) is 8.25. The normalized spacial score (nSPS) is 14.0. The Bertz CT molecular complexity index is 888. The summed E-state index contributed by atoms with van der Waals surface area (Å²) >= 11 is 6.18. The second-order valence-electron chi connectivity index (χ2n) is 5.85. The van der Waals surface area contributed by atoms with E-state index in [1.807, 2.05) is 0 Å². The Morgan fingerprint density at radius 2 is 1.89 bits per heavy atom. The number of hydrogen-bond donors (Lipinski definition) is 1. The number of rotatable bonds is 6. The van der Waals surface area contributed by atoms with Crippen LogP contribution < -0.4 is 14.2 Å². The van der Waals surface area contributed by atoms with Crippen molar-refractivity contribution in [2.45, 2.75) is 13.0 Å². The molecule has 0 aromatic heterocycles. The lowest BCUT2D eigenvalue weighted by molar-refractivity contribution is -0.144. The van der Waals surface area contributed by atoms with Gasteiger partial charge in [-0.2, -0.15) is 0 Å². The van der Waals surface area contributed by atoms with Gasteiger partial charge >= 0.3 is 5.97 Å². The van der Waals surface area contributed by atoms with E-state index >= 15 is 0 Å². The standard InChI is InChI=1S/C20H17ClO6/c1-12(20(23)24)27-15-5-3-14(4-6-15)17(22)7-2-13-10-16(21)19-18(11-13)25-8-9-26-19/h2-7,10-12H,8-9H2,1H3,(H,23,24)/b7-2+. The van der Waals surface area contributed by atoms with Gasteiger partial charge in [-0.1, -0.05) is 17.7 Å². The molecule has 7 heteroatoms. The predicted molar refractivity (Wildman–Crippen MR) is 100.0 cm³/mol. The predicted octanol–water partition coefficient (Wildman–Crippen LogP) is 3.86. The van der Waals surface area contributed by atoms with Gasteiger partial charge in [0.25, 0.3) is 0 Å². The van der Waals surface area contributed by atoms with Gasteiger partial charge in [-0.25, -0.2) is 4.79 Å². The zero-order valence-corrected chi connectivity index (χ0v) is 15.2. The van der Waals surface area contributed by atoms with Gasteiger partial charge in [-0.3, -0.25) is 4.79 Å². The third-order valence-electron chi connectivity index (χ3n) is 3.85. The molecule has 0 amide bonds. The summed E-state index contributed by atoms with van der Waals surface area (Å²) in [5.74, 6) is 0.173. The first kappa shape index (κ1) is 18.8. The molecule has 1 N–H and O–H groups in total. The number of carboxylic acids is 1. The van der Waals surface area contributed by atoms with Crippen LogP contribution >= 0.6 is 11.6 Å². The molecule has 1 atom stereocenters. The summed E-state index contributed by atoms with van der Waals surface area (Å²) < 4.78 is 16.2. The van der Waals surface area contributed by atoms with Crippen LogP contribution in [0.25, 0.3) is 6.08 Å². The Kier molecular flexibility index (Phi) is 5.66. The largest absolute Gasteiger partial charge is 0.486 e. The summed E-state index contributed by atoms with van der Waals surface area (Å²) in [6.45, 7) is 2.33. The first-order valence-corrected chi connectivity index (χ1v) is 8.63. The van der Waals surface area contributed by atoms with Crippen LogP contribution in [0.1, 0.15) is 22.8 Å². The molecule has 1 aliphatic rings. The number of aliphatic carboxylic acids is 1. The van der Waals surface area contributed by atoms with Crippen molar-refractivity contribution in [3.63, 3.8) is 0 Å². The van der Waals surface area contributed by atoms with Crippen LogP contribution in [0, 0.1) is 0 Å². The molecule has 140 valence electrons. The molecule has 0 bridgehead atoms. The molecule has 0 radical (unpaired) electrons. The van der Waals surface area contributed by atoms with E-state index in [-0.39, 0.29) is 5.78 Å². The van der Waals surface area contributed by atoms with E-state index in [0.717, 1.165) is 0 Å².